The van der Waals surface area contributed by atoms with Gasteiger partial charge in [0.05, 0.1) is 5.69 Å². The minimum Gasteiger partial charge on any atom is -0.506 e. The molecule has 0 aliphatic carbocycles. The first-order chi connectivity index (χ1) is 7.00. The number of anilines is 1. The molecule has 1 aromatic rings. The Kier molecular flexibility index (Phi) is 3.91. The van der Waals surface area contributed by atoms with Gasteiger partial charge in [-0.3, -0.25) is 0 Å². The Morgan fingerprint density at radius 1 is 1.27 bits per heavy atom. The van der Waals surface area contributed by atoms with Crippen molar-refractivity contribution in [1.82, 2.24) is 5.43 Å². The highest BCUT2D eigenvalue weighted by molar-refractivity contribution is 5.54. The van der Waals surface area contributed by atoms with Crippen LogP contribution in [0.4, 0.5) is 10.1 Å². The van der Waals surface area contributed by atoms with Crippen molar-refractivity contribution in [3.05, 3.63) is 24.0 Å². The minimum atomic E-state index is -0.449. The smallest absolute Gasteiger partial charge is 0.142 e. The minimum absolute atomic E-state index is 0.0987. The molecule has 4 heteroatoms. The number of hydrogen-bond donors (Lipinski definition) is 3. The Morgan fingerprint density at radius 2 is 1.93 bits per heavy atom. The van der Waals surface area contributed by atoms with E-state index in [9.17, 15) is 9.50 Å². The molecule has 1 rings (SSSR count). The molecule has 0 aliphatic rings. The normalized spacial score (nSPS) is 12.9. The van der Waals surface area contributed by atoms with E-state index in [1.54, 1.807) is 0 Å². The Hall–Kier alpha value is -1.29. The SMILES string of the molecule is CC(C)C(C)NNc1ccc(F)cc1O. The van der Waals surface area contributed by atoms with Crippen molar-refractivity contribution in [3.8, 4) is 5.75 Å². The zero-order valence-corrected chi connectivity index (χ0v) is 9.21. The van der Waals surface area contributed by atoms with Crippen molar-refractivity contribution in [3.63, 3.8) is 0 Å². The lowest BCUT2D eigenvalue weighted by Gasteiger charge is -2.19. The molecule has 3 N–H and O–H groups in total. The lowest BCUT2D eigenvalue weighted by Crippen LogP contribution is -2.35. The molecule has 0 saturated carbocycles. The molecular weight excluding hydrogens is 195 g/mol. The van der Waals surface area contributed by atoms with Crippen molar-refractivity contribution < 1.29 is 9.50 Å². The van der Waals surface area contributed by atoms with E-state index < -0.39 is 5.82 Å². The van der Waals surface area contributed by atoms with Gasteiger partial charge in [-0.2, -0.15) is 0 Å². The van der Waals surface area contributed by atoms with E-state index in [0.29, 0.717) is 11.6 Å². The fraction of sp³-hybridized carbons (Fsp3) is 0.455. The molecule has 0 fully saturated rings. The van der Waals surface area contributed by atoms with Gasteiger partial charge in [0, 0.05) is 12.1 Å². The molecule has 84 valence electrons. The third-order valence-corrected chi connectivity index (χ3v) is 2.39. The van der Waals surface area contributed by atoms with E-state index in [1.807, 2.05) is 6.92 Å². The predicted molar refractivity (Wildman–Crippen MR) is 59.1 cm³/mol. The molecule has 15 heavy (non-hydrogen) atoms. The second-order valence-electron chi connectivity index (χ2n) is 3.96. The van der Waals surface area contributed by atoms with Crippen LogP contribution in [0.3, 0.4) is 0 Å². The van der Waals surface area contributed by atoms with Crippen LogP contribution in [0.25, 0.3) is 0 Å². The predicted octanol–water partition coefficient (Wildman–Crippen LogP) is 2.49. The standard InChI is InChI=1S/C11H17FN2O/c1-7(2)8(3)13-14-10-5-4-9(12)6-11(10)15/h4-8,13-15H,1-3H3. The first-order valence-electron chi connectivity index (χ1n) is 5.00. The number of halogens is 1. The molecule has 0 aliphatic heterocycles. The van der Waals surface area contributed by atoms with Crippen molar-refractivity contribution in [2.75, 3.05) is 5.43 Å². The molecule has 0 amide bonds. The Labute approximate surface area is 89.3 Å². The van der Waals surface area contributed by atoms with Crippen LogP contribution < -0.4 is 10.9 Å². The van der Waals surface area contributed by atoms with Crippen LogP contribution in [-0.2, 0) is 0 Å². The molecule has 3 nitrogen and oxygen atoms in total. The zero-order valence-electron chi connectivity index (χ0n) is 9.21. The van der Waals surface area contributed by atoms with Crippen LogP contribution in [0.2, 0.25) is 0 Å². The van der Waals surface area contributed by atoms with E-state index in [0.717, 1.165) is 6.07 Å². The van der Waals surface area contributed by atoms with Crippen molar-refractivity contribution in [1.29, 1.82) is 0 Å². The van der Waals surface area contributed by atoms with Gasteiger partial charge in [0.15, 0.2) is 0 Å². The molecule has 1 aromatic carbocycles. The molecule has 1 atom stereocenters. The van der Waals surface area contributed by atoms with Gasteiger partial charge in [-0.05, 0) is 25.0 Å². The molecule has 0 spiro atoms. The number of hydrogen-bond acceptors (Lipinski definition) is 3. The van der Waals surface area contributed by atoms with Gasteiger partial charge in [-0.1, -0.05) is 13.8 Å². The van der Waals surface area contributed by atoms with Crippen LogP contribution in [0.5, 0.6) is 5.75 Å². The van der Waals surface area contributed by atoms with Crippen LogP contribution >= 0.6 is 0 Å². The first kappa shape index (κ1) is 11.8. The summed E-state index contributed by atoms with van der Waals surface area (Å²) in [6.45, 7) is 6.20. The largest absolute Gasteiger partial charge is 0.506 e. The van der Waals surface area contributed by atoms with Gasteiger partial charge in [-0.15, -0.1) is 0 Å². The Morgan fingerprint density at radius 3 is 2.47 bits per heavy atom. The average Bonchev–Trinajstić information content (AvgIpc) is 2.15. The van der Waals surface area contributed by atoms with E-state index in [2.05, 4.69) is 24.7 Å². The Bertz CT molecular complexity index is 328. The van der Waals surface area contributed by atoms with Gasteiger partial charge in [-0.25, -0.2) is 9.82 Å². The van der Waals surface area contributed by atoms with Crippen LogP contribution in [-0.4, -0.2) is 11.1 Å². The quantitative estimate of drug-likeness (QED) is 0.530. The fourth-order valence-electron chi connectivity index (χ4n) is 0.969. The summed E-state index contributed by atoms with van der Waals surface area (Å²) < 4.78 is 12.7. The van der Waals surface area contributed by atoms with E-state index in [4.69, 9.17) is 0 Å². The van der Waals surface area contributed by atoms with Crippen molar-refractivity contribution in [2.45, 2.75) is 26.8 Å². The lowest BCUT2D eigenvalue weighted by molar-refractivity contribution is 0.447. The number of aromatic hydroxyl groups is 1. The number of phenolic OH excluding ortho intramolecular Hbond substituents is 1. The molecular formula is C11H17FN2O. The molecule has 1 unspecified atom stereocenters. The second kappa shape index (κ2) is 4.98. The summed E-state index contributed by atoms with van der Waals surface area (Å²) >= 11 is 0. The lowest BCUT2D eigenvalue weighted by atomic mass is 10.1. The molecule has 0 bridgehead atoms. The van der Waals surface area contributed by atoms with Gasteiger partial charge in [0.25, 0.3) is 0 Å². The molecule has 0 radical (unpaired) electrons. The maximum absolute atomic E-state index is 12.7. The second-order valence-corrected chi connectivity index (χ2v) is 3.96. The number of phenols is 1. The highest BCUT2D eigenvalue weighted by atomic mass is 19.1. The highest BCUT2D eigenvalue weighted by Crippen LogP contribution is 2.22. The summed E-state index contributed by atoms with van der Waals surface area (Å²) in [6, 6.07) is 4.12. The maximum Gasteiger partial charge on any atom is 0.142 e. The Balaban J connectivity index is 2.58. The third-order valence-electron chi connectivity index (χ3n) is 2.39. The van der Waals surface area contributed by atoms with Gasteiger partial charge in [0.1, 0.15) is 11.6 Å². The number of hydrazine groups is 1. The van der Waals surface area contributed by atoms with Gasteiger partial charge < -0.3 is 10.5 Å². The fourth-order valence-corrected chi connectivity index (χ4v) is 0.969. The van der Waals surface area contributed by atoms with Gasteiger partial charge in [0.2, 0.25) is 0 Å². The summed E-state index contributed by atoms with van der Waals surface area (Å²) in [5.74, 6) is -0.0755. The first-order valence-corrected chi connectivity index (χ1v) is 5.00. The molecule has 0 aromatic heterocycles. The monoisotopic (exact) mass is 212 g/mol. The van der Waals surface area contributed by atoms with Crippen molar-refractivity contribution in [2.24, 2.45) is 5.92 Å². The average molecular weight is 212 g/mol. The van der Waals surface area contributed by atoms with E-state index in [-0.39, 0.29) is 11.8 Å². The van der Waals surface area contributed by atoms with Crippen LogP contribution in [0.15, 0.2) is 18.2 Å². The molecule has 0 heterocycles. The topological polar surface area (TPSA) is 44.3 Å². The van der Waals surface area contributed by atoms with E-state index >= 15 is 0 Å². The summed E-state index contributed by atoms with van der Waals surface area (Å²) in [7, 11) is 0. The molecule has 0 saturated heterocycles. The van der Waals surface area contributed by atoms with Gasteiger partial charge >= 0.3 is 0 Å². The third kappa shape index (κ3) is 3.40. The highest BCUT2D eigenvalue weighted by Gasteiger charge is 2.07. The summed E-state index contributed by atoms with van der Waals surface area (Å²) in [5.41, 5.74) is 6.36. The van der Waals surface area contributed by atoms with Crippen LogP contribution in [0.1, 0.15) is 20.8 Å². The van der Waals surface area contributed by atoms with E-state index in [1.165, 1.54) is 12.1 Å². The maximum atomic E-state index is 12.7. The zero-order chi connectivity index (χ0) is 11.4. The summed E-state index contributed by atoms with van der Waals surface area (Å²) in [4.78, 5) is 0. The van der Waals surface area contributed by atoms with Crippen molar-refractivity contribution >= 4 is 5.69 Å². The number of benzene rings is 1. The van der Waals surface area contributed by atoms with Crippen LogP contribution in [0, 0.1) is 11.7 Å². The summed E-state index contributed by atoms with van der Waals surface area (Å²) in [6.07, 6.45) is 0. The number of rotatable bonds is 4. The summed E-state index contributed by atoms with van der Waals surface area (Å²) in [5, 5.41) is 9.40. The number of nitrogens with one attached hydrogen (secondary N) is 2.